The minimum atomic E-state index is -0.865. The van der Waals surface area contributed by atoms with Gasteiger partial charge in [0.1, 0.15) is 11.3 Å². The van der Waals surface area contributed by atoms with Crippen molar-refractivity contribution in [2.45, 2.75) is 18.9 Å². The van der Waals surface area contributed by atoms with Crippen molar-refractivity contribution < 1.29 is 14.6 Å². The third-order valence-electron chi connectivity index (χ3n) is 4.37. The standard InChI is InChI=1S/C16H24N2O3/c1-16(15(19)20,18-10-8-17(2)9-11-18)12-13-4-6-14(21-3)7-5-13/h4-7H,8-12H2,1-3H3,(H,19,20). The smallest absolute Gasteiger partial charge is 0.324 e. The van der Waals surface area contributed by atoms with Gasteiger partial charge in [0.05, 0.1) is 7.11 Å². The van der Waals surface area contributed by atoms with Gasteiger partial charge < -0.3 is 14.7 Å². The van der Waals surface area contributed by atoms with Crippen molar-refractivity contribution in [3.05, 3.63) is 29.8 Å². The molecule has 1 atom stereocenters. The van der Waals surface area contributed by atoms with Crippen LogP contribution >= 0.6 is 0 Å². The van der Waals surface area contributed by atoms with Crippen LogP contribution in [0.15, 0.2) is 24.3 Å². The van der Waals surface area contributed by atoms with Crippen LogP contribution in [0.4, 0.5) is 0 Å². The van der Waals surface area contributed by atoms with Crippen LogP contribution in [-0.2, 0) is 11.2 Å². The van der Waals surface area contributed by atoms with Gasteiger partial charge in [-0.05, 0) is 31.7 Å². The first-order chi connectivity index (χ1) is 9.95. The second-order valence-electron chi connectivity index (χ2n) is 5.89. The molecule has 1 N–H and O–H groups in total. The molecule has 5 heteroatoms. The molecule has 1 aromatic rings. The van der Waals surface area contributed by atoms with Crippen LogP contribution in [0.5, 0.6) is 5.75 Å². The number of likely N-dealkylation sites (N-methyl/N-ethyl adjacent to an activating group) is 1. The summed E-state index contributed by atoms with van der Waals surface area (Å²) < 4.78 is 5.14. The van der Waals surface area contributed by atoms with Gasteiger partial charge in [-0.15, -0.1) is 0 Å². The maximum atomic E-state index is 11.8. The molecular weight excluding hydrogens is 268 g/mol. The average Bonchev–Trinajstić information content (AvgIpc) is 2.48. The van der Waals surface area contributed by atoms with Crippen molar-refractivity contribution >= 4 is 5.97 Å². The summed E-state index contributed by atoms with van der Waals surface area (Å²) in [5, 5.41) is 9.73. The number of ether oxygens (including phenoxy) is 1. The van der Waals surface area contributed by atoms with E-state index in [1.165, 1.54) is 0 Å². The summed E-state index contributed by atoms with van der Waals surface area (Å²) in [6, 6.07) is 7.63. The average molecular weight is 292 g/mol. The molecule has 1 fully saturated rings. The number of methoxy groups -OCH3 is 1. The highest BCUT2D eigenvalue weighted by molar-refractivity contribution is 5.78. The number of nitrogens with zero attached hydrogens (tertiary/aromatic N) is 2. The predicted molar refractivity (Wildman–Crippen MR) is 81.8 cm³/mol. The fourth-order valence-corrected chi connectivity index (χ4v) is 2.76. The quantitative estimate of drug-likeness (QED) is 0.887. The Morgan fingerprint density at radius 3 is 2.29 bits per heavy atom. The summed E-state index contributed by atoms with van der Waals surface area (Å²) in [5.41, 5.74) is 0.148. The number of carboxylic acid groups (broad SMARTS) is 1. The Labute approximate surface area is 126 Å². The SMILES string of the molecule is COc1ccc(CC(C)(C(=O)O)N2CCN(C)CC2)cc1. The van der Waals surface area contributed by atoms with Crippen LogP contribution in [0.2, 0.25) is 0 Å². The maximum absolute atomic E-state index is 11.8. The number of carbonyl (C=O) groups is 1. The van der Waals surface area contributed by atoms with Gasteiger partial charge in [0.25, 0.3) is 0 Å². The van der Waals surface area contributed by atoms with Gasteiger partial charge in [-0.1, -0.05) is 12.1 Å². The molecule has 1 saturated heterocycles. The molecule has 21 heavy (non-hydrogen) atoms. The first-order valence-electron chi connectivity index (χ1n) is 7.25. The largest absolute Gasteiger partial charge is 0.497 e. The number of aliphatic carboxylic acids is 1. The summed E-state index contributed by atoms with van der Waals surface area (Å²) in [6.45, 7) is 5.22. The number of benzene rings is 1. The minimum Gasteiger partial charge on any atom is -0.497 e. The summed E-state index contributed by atoms with van der Waals surface area (Å²) in [5.74, 6) is 0.0262. The van der Waals surface area contributed by atoms with E-state index in [4.69, 9.17) is 4.74 Å². The lowest BCUT2D eigenvalue weighted by atomic mass is 9.90. The van der Waals surface area contributed by atoms with Crippen molar-refractivity contribution in [2.24, 2.45) is 0 Å². The fourth-order valence-electron chi connectivity index (χ4n) is 2.76. The Morgan fingerprint density at radius 1 is 1.24 bits per heavy atom. The third kappa shape index (κ3) is 3.54. The van der Waals surface area contributed by atoms with E-state index in [1.807, 2.05) is 31.2 Å². The molecule has 0 saturated carbocycles. The van der Waals surface area contributed by atoms with Crippen LogP contribution in [0.1, 0.15) is 12.5 Å². The van der Waals surface area contributed by atoms with Crippen molar-refractivity contribution in [1.29, 1.82) is 0 Å². The molecule has 0 aromatic heterocycles. The molecule has 0 spiro atoms. The molecule has 0 amide bonds. The van der Waals surface area contributed by atoms with Gasteiger partial charge in [-0.2, -0.15) is 0 Å². The summed E-state index contributed by atoms with van der Waals surface area (Å²) in [6.07, 6.45) is 0.496. The topological polar surface area (TPSA) is 53.0 Å². The van der Waals surface area contributed by atoms with E-state index in [0.717, 1.165) is 37.5 Å². The number of carboxylic acids is 1. The Balaban J connectivity index is 2.15. The highest BCUT2D eigenvalue weighted by Crippen LogP contribution is 2.24. The van der Waals surface area contributed by atoms with E-state index in [9.17, 15) is 9.90 Å². The zero-order chi connectivity index (χ0) is 15.5. The Bertz CT molecular complexity index is 481. The molecule has 0 aliphatic carbocycles. The molecule has 1 aliphatic heterocycles. The molecule has 2 rings (SSSR count). The van der Waals surface area contributed by atoms with Gasteiger partial charge in [0, 0.05) is 32.6 Å². The zero-order valence-electron chi connectivity index (χ0n) is 13.0. The first kappa shape index (κ1) is 15.8. The molecular formula is C16H24N2O3. The van der Waals surface area contributed by atoms with Crippen molar-refractivity contribution in [3.8, 4) is 5.75 Å². The van der Waals surface area contributed by atoms with E-state index in [2.05, 4.69) is 16.8 Å². The maximum Gasteiger partial charge on any atom is 0.324 e. The molecule has 0 bridgehead atoms. The normalized spacial score (nSPS) is 20.0. The number of rotatable bonds is 5. The van der Waals surface area contributed by atoms with Crippen LogP contribution < -0.4 is 4.74 Å². The van der Waals surface area contributed by atoms with E-state index in [0.29, 0.717) is 6.42 Å². The highest BCUT2D eigenvalue weighted by Gasteiger charge is 2.40. The summed E-state index contributed by atoms with van der Waals surface area (Å²) in [7, 11) is 3.69. The van der Waals surface area contributed by atoms with E-state index in [1.54, 1.807) is 7.11 Å². The summed E-state index contributed by atoms with van der Waals surface area (Å²) >= 11 is 0. The third-order valence-corrected chi connectivity index (χ3v) is 4.37. The van der Waals surface area contributed by atoms with Gasteiger partial charge in [-0.25, -0.2) is 0 Å². The van der Waals surface area contributed by atoms with Gasteiger partial charge in [0.15, 0.2) is 0 Å². The Morgan fingerprint density at radius 2 is 1.81 bits per heavy atom. The molecule has 5 nitrogen and oxygen atoms in total. The van der Waals surface area contributed by atoms with Crippen molar-refractivity contribution in [1.82, 2.24) is 9.80 Å². The van der Waals surface area contributed by atoms with Gasteiger partial charge in [0.2, 0.25) is 0 Å². The van der Waals surface area contributed by atoms with Crippen molar-refractivity contribution in [3.63, 3.8) is 0 Å². The lowest BCUT2D eigenvalue weighted by molar-refractivity contribution is -0.151. The van der Waals surface area contributed by atoms with Crippen molar-refractivity contribution in [2.75, 3.05) is 40.3 Å². The lowest BCUT2D eigenvalue weighted by Gasteiger charge is -2.42. The number of hydrogen-bond donors (Lipinski definition) is 1. The molecule has 1 unspecified atom stereocenters. The van der Waals surface area contributed by atoms with E-state index in [-0.39, 0.29) is 0 Å². The predicted octanol–water partition coefficient (Wildman–Crippen LogP) is 1.33. The second kappa shape index (κ2) is 6.45. The zero-order valence-corrected chi connectivity index (χ0v) is 13.0. The monoisotopic (exact) mass is 292 g/mol. The highest BCUT2D eigenvalue weighted by atomic mass is 16.5. The Hall–Kier alpha value is -1.59. The lowest BCUT2D eigenvalue weighted by Crippen LogP contribution is -2.59. The molecule has 1 aromatic carbocycles. The van der Waals surface area contributed by atoms with E-state index >= 15 is 0 Å². The number of hydrogen-bond acceptors (Lipinski definition) is 4. The second-order valence-corrected chi connectivity index (χ2v) is 5.89. The van der Waals surface area contributed by atoms with Crippen LogP contribution in [0.25, 0.3) is 0 Å². The van der Waals surface area contributed by atoms with Crippen LogP contribution in [0.3, 0.4) is 0 Å². The van der Waals surface area contributed by atoms with Crippen LogP contribution in [0, 0.1) is 0 Å². The number of piperazine rings is 1. The van der Waals surface area contributed by atoms with Crippen LogP contribution in [-0.4, -0.2) is 66.8 Å². The summed E-state index contributed by atoms with van der Waals surface area (Å²) in [4.78, 5) is 16.2. The molecule has 1 aliphatic rings. The van der Waals surface area contributed by atoms with Gasteiger partial charge >= 0.3 is 5.97 Å². The van der Waals surface area contributed by atoms with Gasteiger partial charge in [-0.3, -0.25) is 9.69 Å². The fraction of sp³-hybridized carbons (Fsp3) is 0.562. The molecule has 116 valence electrons. The van der Waals surface area contributed by atoms with E-state index < -0.39 is 11.5 Å². The minimum absolute atomic E-state index is 0.496. The Kier molecular flexibility index (Phi) is 4.85. The molecule has 1 heterocycles. The first-order valence-corrected chi connectivity index (χ1v) is 7.25. The molecule has 0 radical (unpaired) electrons.